The molecule has 41 heavy (non-hydrogen) atoms. The van der Waals surface area contributed by atoms with E-state index in [1.165, 1.54) is 24.1 Å². The van der Waals surface area contributed by atoms with Gasteiger partial charge in [-0.2, -0.15) is 13.2 Å². The smallest absolute Gasteiger partial charge is 0.416 e. The number of halogens is 3. The van der Waals surface area contributed by atoms with Crippen molar-refractivity contribution in [3.05, 3.63) is 65.2 Å². The minimum Gasteiger partial charge on any atom is -0.492 e. The van der Waals surface area contributed by atoms with Crippen LogP contribution in [0.4, 0.5) is 13.2 Å². The lowest BCUT2D eigenvalue weighted by atomic mass is 10.0. The summed E-state index contributed by atoms with van der Waals surface area (Å²) in [6.07, 6.45) is -1.94. The molecule has 2 aromatic rings. The Bertz CT molecular complexity index is 1170. The fourth-order valence-electron chi connectivity index (χ4n) is 4.64. The van der Waals surface area contributed by atoms with Crippen molar-refractivity contribution in [1.82, 2.24) is 20.9 Å². The number of benzene rings is 2. The summed E-state index contributed by atoms with van der Waals surface area (Å²) in [6, 6.07) is 9.65. The quantitative estimate of drug-likeness (QED) is 0.518. The van der Waals surface area contributed by atoms with Crippen molar-refractivity contribution in [1.29, 1.82) is 0 Å². The molecule has 0 radical (unpaired) electrons. The van der Waals surface area contributed by atoms with Crippen molar-refractivity contribution in [3.63, 3.8) is 0 Å². The first-order chi connectivity index (χ1) is 19.5. The molecule has 8 nitrogen and oxygen atoms in total. The molecule has 3 rings (SSSR count). The molecule has 0 aromatic heterocycles. The number of rotatable bonds is 4. The van der Waals surface area contributed by atoms with E-state index in [0.29, 0.717) is 44.5 Å². The first-order valence-electron chi connectivity index (χ1n) is 14.0. The largest absolute Gasteiger partial charge is 0.492 e. The van der Waals surface area contributed by atoms with Crippen LogP contribution in [-0.2, 0) is 33.4 Å². The van der Waals surface area contributed by atoms with Crippen LogP contribution in [0.25, 0.3) is 0 Å². The molecular formula is C30H39F3N4O4. The molecule has 0 unspecified atom stereocenters. The summed E-state index contributed by atoms with van der Waals surface area (Å²) in [6.45, 7) is 4.65. The molecule has 0 bridgehead atoms. The zero-order valence-corrected chi connectivity index (χ0v) is 23.7. The number of fused-ring (bicyclic) bond motifs is 1. The van der Waals surface area contributed by atoms with E-state index in [-0.39, 0.29) is 12.3 Å². The van der Waals surface area contributed by atoms with Gasteiger partial charge in [0.15, 0.2) is 0 Å². The molecule has 0 fully saturated rings. The fraction of sp³-hybridized carbons (Fsp3) is 0.500. The summed E-state index contributed by atoms with van der Waals surface area (Å²) < 4.78 is 45.1. The molecule has 0 saturated carbocycles. The first-order valence-corrected chi connectivity index (χ1v) is 14.0. The Morgan fingerprint density at radius 2 is 1.68 bits per heavy atom. The van der Waals surface area contributed by atoms with Crippen LogP contribution >= 0.6 is 0 Å². The maximum absolute atomic E-state index is 13.3. The Morgan fingerprint density at radius 1 is 0.976 bits per heavy atom. The standard InChI is InChI=1S/C30H39F3N4O4/c1-4-8-24-29(40)37(3)20(2)27(38)36-25(19-21-12-14-23(15-13-21)30(31,32)33)28(39)35-16-7-10-22-9-5-6-11-26(22)41-18-17-34-24/h5-6,9,11-15,20,24-25,34H,4,7-8,10,16-19H2,1-3H3,(H,35,39)(H,36,38)/t20-,24+,25-/m1/s1. The van der Waals surface area contributed by atoms with E-state index >= 15 is 0 Å². The van der Waals surface area contributed by atoms with E-state index < -0.39 is 41.7 Å². The maximum atomic E-state index is 13.3. The second-order valence-electron chi connectivity index (χ2n) is 10.2. The summed E-state index contributed by atoms with van der Waals surface area (Å²) >= 11 is 0. The molecular weight excluding hydrogens is 537 g/mol. The summed E-state index contributed by atoms with van der Waals surface area (Å²) in [4.78, 5) is 41.1. The van der Waals surface area contributed by atoms with Crippen molar-refractivity contribution < 1.29 is 32.3 Å². The van der Waals surface area contributed by atoms with Crippen LogP contribution in [0.15, 0.2) is 48.5 Å². The van der Waals surface area contributed by atoms with Crippen molar-refractivity contribution >= 4 is 17.7 Å². The van der Waals surface area contributed by atoms with Gasteiger partial charge in [-0.15, -0.1) is 0 Å². The van der Waals surface area contributed by atoms with Gasteiger partial charge >= 0.3 is 6.18 Å². The normalized spacial score (nSPS) is 22.0. The van der Waals surface area contributed by atoms with Gasteiger partial charge in [-0.3, -0.25) is 14.4 Å². The molecule has 0 aliphatic carbocycles. The van der Waals surface area contributed by atoms with Crippen LogP contribution in [0.3, 0.4) is 0 Å². The Hall–Kier alpha value is -3.60. The van der Waals surface area contributed by atoms with Crippen LogP contribution < -0.4 is 20.7 Å². The second kappa shape index (κ2) is 14.9. The Morgan fingerprint density at radius 3 is 2.37 bits per heavy atom. The highest BCUT2D eigenvalue weighted by Crippen LogP contribution is 2.29. The molecule has 2 aromatic carbocycles. The third-order valence-corrected chi connectivity index (χ3v) is 7.18. The molecule has 3 amide bonds. The third kappa shape index (κ3) is 9.21. The van der Waals surface area contributed by atoms with Gasteiger partial charge in [-0.25, -0.2) is 0 Å². The summed E-state index contributed by atoms with van der Waals surface area (Å²) in [5.41, 5.74) is 0.635. The van der Waals surface area contributed by atoms with E-state index in [0.717, 1.165) is 29.9 Å². The van der Waals surface area contributed by atoms with Gasteiger partial charge in [0, 0.05) is 26.6 Å². The number of nitrogens with one attached hydrogen (secondary N) is 3. The molecule has 1 heterocycles. The SMILES string of the molecule is CCC[C@@H]1NCCOc2ccccc2CCCNC(=O)[C@@H](Cc2ccc(C(F)(F)F)cc2)NC(=O)[C@@H](C)N(C)C1=O. The monoisotopic (exact) mass is 576 g/mol. The third-order valence-electron chi connectivity index (χ3n) is 7.18. The zero-order valence-electron chi connectivity index (χ0n) is 23.7. The average molecular weight is 577 g/mol. The van der Waals surface area contributed by atoms with Gasteiger partial charge in [0.05, 0.1) is 11.6 Å². The fourth-order valence-corrected chi connectivity index (χ4v) is 4.64. The van der Waals surface area contributed by atoms with E-state index in [2.05, 4.69) is 16.0 Å². The molecule has 0 saturated heterocycles. The zero-order chi connectivity index (χ0) is 30.0. The number of likely N-dealkylation sites (N-methyl/N-ethyl adjacent to an activating group) is 1. The summed E-state index contributed by atoms with van der Waals surface area (Å²) in [5, 5.41) is 8.80. The molecule has 3 atom stereocenters. The number of carbonyl (C=O) groups excluding carboxylic acids is 3. The van der Waals surface area contributed by atoms with Gasteiger partial charge in [-0.1, -0.05) is 43.7 Å². The number of aryl methyl sites for hydroxylation is 1. The van der Waals surface area contributed by atoms with Crippen molar-refractivity contribution in [2.24, 2.45) is 0 Å². The molecule has 11 heteroatoms. The van der Waals surface area contributed by atoms with Crippen molar-refractivity contribution in [2.75, 3.05) is 26.7 Å². The number of para-hydroxylation sites is 1. The number of hydrogen-bond donors (Lipinski definition) is 3. The highest BCUT2D eigenvalue weighted by Gasteiger charge is 2.32. The predicted octanol–water partition coefficient (Wildman–Crippen LogP) is 3.48. The summed E-state index contributed by atoms with van der Waals surface area (Å²) in [7, 11) is 1.53. The van der Waals surface area contributed by atoms with E-state index in [9.17, 15) is 27.6 Å². The van der Waals surface area contributed by atoms with Crippen molar-refractivity contribution in [2.45, 2.75) is 70.3 Å². The number of amides is 3. The minimum absolute atomic E-state index is 0.0171. The Balaban J connectivity index is 1.84. The molecule has 224 valence electrons. The van der Waals surface area contributed by atoms with Gasteiger partial charge in [0.25, 0.3) is 0 Å². The van der Waals surface area contributed by atoms with Gasteiger partial charge in [-0.05, 0) is 55.5 Å². The van der Waals surface area contributed by atoms with Gasteiger partial charge in [0.1, 0.15) is 24.4 Å². The topological polar surface area (TPSA) is 99.8 Å². The van der Waals surface area contributed by atoms with Gasteiger partial charge < -0.3 is 25.6 Å². The van der Waals surface area contributed by atoms with Crippen LogP contribution in [0.2, 0.25) is 0 Å². The van der Waals surface area contributed by atoms with Crippen molar-refractivity contribution in [3.8, 4) is 5.75 Å². The van der Waals surface area contributed by atoms with Crippen LogP contribution in [-0.4, -0.2) is 67.5 Å². The van der Waals surface area contributed by atoms with E-state index in [1.807, 2.05) is 31.2 Å². The maximum Gasteiger partial charge on any atom is 0.416 e. The van der Waals surface area contributed by atoms with Crippen LogP contribution in [0, 0.1) is 0 Å². The highest BCUT2D eigenvalue weighted by atomic mass is 19.4. The number of ether oxygens (including phenoxy) is 1. The van der Waals surface area contributed by atoms with E-state index in [4.69, 9.17) is 4.74 Å². The number of alkyl halides is 3. The number of hydrogen-bond acceptors (Lipinski definition) is 5. The number of nitrogens with zero attached hydrogens (tertiary/aromatic N) is 1. The molecule has 1 aliphatic rings. The Kier molecular flexibility index (Phi) is 11.6. The molecule has 1 aliphatic heterocycles. The Labute approximate surface area is 239 Å². The lowest BCUT2D eigenvalue weighted by Gasteiger charge is -2.30. The van der Waals surface area contributed by atoms with Crippen LogP contribution in [0.1, 0.15) is 49.8 Å². The van der Waals surface area contributed by atoms with Gasteiger partial charge in [0.2, 0.25) is 17.7 Å². The average Bonchev–Trinajstić information content (AvgIpc) is 2.95. The molecule has 3 N–H and O–H groups in total. The van der Waals surface area contributed by atoms with Crippen LogP contribution in [0.5, 0.6) is 5.75 Å². The number of carbonyl (C=O) groups is 3. The minimum atomic E-state index is -4.48. The lowest BCUT2D eigenvalue weighted by molar-refractivity contribution is -0.141. The lowest BCUT2D eigenvalue weighted by Crippen LogP contribution is -2.56. The summed E-state index contributed by atoms with van der Waals surface area (Å²) in [5.74, 6) is -0.532. The first kappa shape index (κ1) is 31.9. The van der Waals surface area contributed by atoms with E-state index in [1.54, 1.807) is 6.92 Å². The second-order valence-corrected chi connectivity index (χ2v) is 10.2. The highest BCUT2D eigenvalue weighted by molar-refractivity contribution is 5.93. The molecule has 0 spiro atoms. The predicted molar refractivity (Wildman–Crippen MR) is 149 cm³/mol.